The standard InChI is InChI=1S/C9H10O2.H2O/c10-8-5-7-3-1-2-4-9(7)11-6-8;/h1-4,8,10H,5-6H2;1H2. The van der Waals surface area contributed by atoms with Crippen LogP contribution in [0.25, 0.3) is 0 Å². The first-order valence-corrected chi connectivity index (χ1v) is 3.75. The first kappa shape index (κ1) is 9.03. The van der Waals surface area contributed by atoms with Crippen LogP contribution in [0.15, 0.2) is 24.3 Å². The number of hydrogen-bond acceptors (Lipinski definition) is 2. The van der Waals surface area contributed by atoms with E-state index in [-0.39, 0.29) is 11.6 Å². The van der Waals surface area contributed by atoms with Crippen molar-refractivity contribution in [1.29, 1.82) is 0 Å². The van der Waals surface area contributed by atoms with Gasteiger partial charge in [0.15, 0.2) is 0 Å². The molecule has 0 spiro atoms. The number of rotatable bonds is 0. The maximum absolute atomic E-state index is 9.23. The zero-order valence-corrected chi connectivity index (χ0v) is 6.66. The van der Waals surface area contributed by atoms with Crippen molar-refractivity contribution in [3.05, 3.63) is 29.8 Å². The van der Waals surface area contributed by atoms with Crippen LogP contribution in [0.5, 0.6) is 5.75 Å². The third kappa shape index (κ3) is 1.57. The summed E-state index contributed by atoms with van der Waals surface area (Å²) in [6.07, 6.45) is 0.390. The molecule has 0 radical (unpaired) electrons. The average molecular weight is 168 g/mol. The Morgan fingerprint density at radius 2 is 2.08 bits per heavy atom. The maximum Gasteiger partial charge on any atom is 0.122 e. The van der Waals surface area contributed by atoms with Gasteiger partial charge in [-0.3, -0.25) is 0 Å². The van der Waals surface area contributed by atoms with Gasteiger partial charge in [-0.2, -0.15) is 0 Å². The van der Waals surface area contributed by atoms with Crippen molar-refractivity contribution in [3.8, 4) is 5.75 Å². The van der Waals surface area contributed by atoms with E-state index < -0.39 is 0 Å². The van der Waals surface area contributed by atoms with Gasteiger partial charge in [0.25, 0.3) is 0 Å². The Balaban J connectivity index is 0.000000720. The SMILES string of the molecule is O.OC1COc2ccccc2C1. The Morgan fingerprint density at radius 3 is 2.92 bits per heavy atom. The maximum atomic E-state index is 9.23. The van der Waals surface area contributed by atoms with E-state index in [4.69, 9.17) is 4.74 Å². The van der Waals surface area contributed by atoms with Crippen molar-refractivity contribution in [2.75, 3.05) is 6.61 Å². The molecule has 3 N–H and O–H groups in total. The summed E-state index contributed by atoms with van der Waals surface area (Å²) < 4.78 is 5.29. The molecule has 1 atom stereocenters. The molecule has 0 amide bonds. The van der Waals surface area contributed by atoms with Gasteiger partial charge in [0.05, 0.1) is 6.10 Å². The lowest BCUT2D eigenvalue weighted by molar-refractivity contribution is 0.0921. The molecule has 3 nitrogen and oxygen atoms in total. The predicted molar refractivity (Wildman–Crippen MR) is 45.3 cm³/mol. The van der Waals surface area contributed by atoms with Crippen LogP contribution in [0.1, 0.15) is 5.56 Å². The molecule has 1 aliphatic rings. The summed E-state index contributed by atoms with van der Waals surface area (Å²) in [5.41, 5.74) is 1.10. The number of benzene rings is 1. The monoisotopic (exact) mass is 168 g/mol. The first-order valence-electron chi connectivity index (χ1n) is 3.75. The summed E-state index contributed by atoms with van der Waals surface area (Å²) >= 11 is 0. The van der Waals surface area contributed by atoms with E-state index in [1.54, 1.807) is 0 Å². The number of fused-ring (bicyclic) bond motifs is 1. The minimum Gasteiger partial charge on any atom is -0.491 e. The Morgan fingerprint density at radius 1 is 1.33 bits per heavy atom. The molecule has 66 valence electrons. The van der Waals surface area contributed by atoms with Gasteiger partial charge in [0, 0.05) is 6.42 Å². The molecule has 0 bridgehead atoms. The van der Waals surface area contributed by atoms with E-state index in [2.05, 4.69) is 0 Å². The number of para-hydroxylation sites is 1. The molecule has 1 unspecified atom stereocenters. The lowest BCUT2D eigenvalue weighted by atomic mass is 10.1. The van der Waals surface area contributed by atoms with E-state index in [1.165, 1.54) is 0 Å². The second-order valence-corrected chi connectivity index (χ2v) is 2.78. The van der Waals surface area contributed by atoms with Crippen LogP contribution in [0, 0.1) is 0 Å². The Bertz CT molecular complexity index is 260. The number of hydrogen-bond donors (Lipinski definition) is 1. The number of aliphatic hydroxyl groups excluding tert-OH is 1. The largest absolute Gasteiger partial charge is 0.491 e. The lowest BCUT2D eigenvalue weighted by Crippen LogP contribution is -2.25. The average Bonchev–Trinajstić information content (AvgIpc) is 2.04. The summed E-state index contributed by atoms with van der Waals surface area (Å²) in [5.74, 6) is 0.915. The summed E-state index contributed by atoms with van der Waals surface area (Å²) in [6.45, 7) is 0.428. The molecule has 1 aliphatic heterocycles. The van der Waals surface area contributed by atoms with Crippen LogP contribution in [-0.4, -0.2) is 23.3 Å². The Labute approximate surface area is 70.9 Å². The van der Waals surface area contributed by atoms with Crippen LogP contribution in [0.3, 0.4) is 0 Å². The van der Waals surface area contributed by atoms with Crippen molar-refractivity contribution in [2.45, 2.75) is 12.5 Å². The van der Waals surface area contributed by atoms with Crippen molar-refractivity contribution < 1.29 is 15.3 Å². The van der Waals surface area contributed by atoms with Gasteiger partial charge in [-0.1, -0.05) is 18.2 Å². The molecule has 1 heterocycles. The second kappa shape index (κ2) is 3.56. The van der Waals surface area contributed by atoms with Crippen molar-refractivity contribution in [2.24, 2.45) is 0 Å². The van der Waals surface area contributed by atoms with Gasteiger partial charge in [-0.15, -0.1) is 0 Å². The van der Waals surface area contributed by atoms with Crippen molar-refractivity contribution in [1.82, 2.24) is 0 Å². The van der Waals surface area contributed by atoms with Gasteiger partial charge in [-0.05, 0) is 11.6 Å². The second-order valence-electron chi connectivity index (χ2n) is 2.78. The van der Waals surface area contributed by atoms with E-state index in [9.17, 15) is 5.11 Å². The van der Waals surface area contributed by atoms with E-state index in [1.807, 2.05) is 24.3 Å². The molecular formula is C9H12O3. The fraction of sp³-hybridized carbons (Fsp3) is 0.333. The molecule has 0 fully saturated rings. The molecule has 2 rings (SSSR count). The van der Waals surface area contributed by atoms with Gasteiger partial charge < -0.3 is 15.3 Å². The molecule has 3 heteroatoms. The highest BCUT2D eigenvalue weighted by atomic mass is 16.5. The van der Waals surface area contributed by atoms with Gasteiger partial charge in [-0.25, -0.2) is 0 Å². The summed E-state index contributed by atoms with van der Waals surface area (Å²) in [7, 11) is 0. The van der Waals surface area contributed by atoms with Gasteiger partial charge in [0.2, 0.25) is 0 Å². The zero-order valence-electron chi connectivity index (χ0n) is 6.66. The van der Waals surface area contributed by atoms with E-state index in [0.717, 1.165) is 17.7 Å². The summed E-state index contributed by atoms with van der Waals surface area (Å²) in [6, 6.07) is 7.82. The number of ether oxygens (including phenoxy) is 1. The first-order chi connectivity index (χ1) is 5.36. The van der Waals surface area contributed by atoms with Gasteiger partial charge >= 0.3 is 0 Å². The Kier molecular flexibility index (Phi) is 2.68. The van der Waals surface area contributed by atoms with Crippen molar-refractivity contribution in [3.63, 3.8) is 0 Å². The third-order valence-corrected chi connectivity index (χ3v) is 1.86. The smallest absolute Gasteiger partial charge is 0.122 e. The normalized spacial score (nSPS) is 20.2. The van der Waals surface area contributed by atoms with Crippen LogP contribution in [0.2, 0.25) is 0 Å². The van der Waals surface area contributed by atoms with Crippen LogP contribution < -0.4 is 4.74 Å². The van der Waals surface area contributed by atoms with Crippen LogP contribution in [0.4, 0.5) is 0 Å². The molecule has 1 aromatic carbocycles. The molecule has 0 aromatic heterocycles. The molecule has 0 aliphatic carbocycles. The summed E-state index contributed by atoms with van der Waals surface area (Å²) in [4.78, 5) is 0. The zero-order chi connectivity index (χ0) is 7.68. The summed E-state index contributed by atoms with van der Waals surface area (Å²) in [5, 5.41) is 9.23. The molecule has 0 saturated carbocycles. The molecule has 0 saturated heterocycles. The van der Waals surface area contributed by atoms with E-state index >= 15 is 0 Å². The highest BCUT2D eigenvalue weighted by molar-refractivity contribution is 5.35. The topological polar surface area (TPSA) is 61.0 Å². The van der Waals surface area contributed by atoms with Crippen LogP contribution >= 0.6 is 0 Å². The fourth-order valence-corrected chi connectivity index (χ4v) is 1.31. The van der Waals surface area contributed by atoms with Gasteiger partial charge in [0.1, 0.15) is 12.4 Å². The minimum absolute atomic E-state index is 0. The van der Waals surface area contributed by atoms with Crippen molar-refractivity contribution >= 4 is 0 Å². The number of aliphatic hydroxyl groups is 1. The highest BCUT2D eigenvalue weighted by Gasteiger charge is 2.15. The predicted octanol–water partition coefficient (Wildman–Crippen LogP) is 0.158. The molecular weight excluding hydrogens is 156 g/mol. The minimum atomic E-state index is -0.329. The molecule has 12 heavy (non-hydrogen) atoms. The molecule has 1 aromatic rings. The van der Waals surface area contributed by atoms with E-state index in [0.29, 0.717) is 6.61 Å². The third-order valence-electron chi connectivity index (χ3n) is 1.86. The Hall–Kier alpha value is -1.06. The lowest BCUT2D eigenvalue weighted by Gasteiger charge is -2.20. The fourth-order valence-electron chi connectivity index (χ4n) is 1.31. The highest BCUT2D eigenvalue weighted by Crippen LogP contribution is 2.23. The quantitative estimate of drug-likeness (QED) is 0.599. The van der Waals surface area contributed by atoms with Crippen LogP contribution in [-0.2, 0) is 6.42 Å².